The molecule has 0 saturated carbocycles. The lowest BCUT2D eigenvalue weighted by Gasteiger charge is -2.30. The fraction of sp³-hybridized carbons (Fsp3) is 0.438. The van der Waals surface area contributed by atoms with Crippen molar-refractivity contribution in [1.29, 1.82) is 0 Å². The summed E-state index contributed by atoms with van der Waals surface area (Å²) in [5.74, 6) is -1.12. The molecular formula is C16H15F7N4O. The van der Waals surface area contributed by atoms with Gasteiger partial charge >= 0.3 is 12.4 Å². The summed E-state index contributed by atoms with van der Waals surface area (Å²) in [4.78, 5) is 16.8. The van der Waals surface area contributed by atoms with Gasteiger partial charge in [0.25, 0.3) is 5.67 Å². The molecule has 2 rings (SSSR count). The SMILES string of the molecule is Cc1nn(-c2cccnc2)cc1N(C)C(=O)CCC(F)(C(F)(F)F)C(F)(F)F. The van der Waals surface area contributed by atoms with E-state index in [4.69, 9.17) is 0 Å². The van der Waals surface area contributed by atoms with Crippen LogP contribution in [0.1, 0.15) is 18.5 Å². The molecule has 0 aliphatic carbocycles. The van der Waals surface area contributed by atoms with Crippen molar-refractivity contribution in [2.24, 2.45) is 0 Å². The summed E-state index contributed by atoms with van der Waals surface area (Å²) in [6.45, 7) is 1.50. The molecule has 2 aromatic rings. The van der Waals surface area contributed by atoms with Gasteiger partial charge in [0.15, 0.2) is 0 Å². The van der Waals surface area contributed by atoms with Gasteiger partial charge in [-0.1, -0.05) is 0 Å². The van der Waals surface area contributed by atoms with E-state index in [1.54, 1.807) is 12.1 Å². The van der Waals surface area contributed by atoms with E-state index in [0.717, 1.165) is 11.9 Å². The quantitative estimate of drug-likeness (QED) is 0.694. The predicted molar refractivity (Wildman–Crippen MR) is 84.7 cm³/mol. The maximum absolute atomic E-state index is 13.7. The third-order valence-corrected chi connectivity index (χ3v) is 4.10. The Kier molecular flexibility index (Phi) is 5.72. The van der Waals surface area contributed by atoms with Crippen LogP contribution in [0.3, 0.4) is 0 Å². The summed E-state index contributed by atoms with van der Waals surface area (Å²) in [6.07, 6.45) is -11.4. The number of anilines is 1. The molecule has 5 nitrogen and oxygen atoms in total. The van der Waals surface area contributed by atoms with Crippen LogP contribution < -0.4 is 4.90 Å². The number of aromatic nitrogens is 3. The average Bonchev–Trinajstić information content (AvgIpc) is 2.99. The van der Waals surface area contributed by atoms with Crippen molar-refractivity contribution >= 4 is 11.6 Å². The van der Waals surface area contributed by atoms with Crippen molar-refractivity contribution < 1.29 is 35.5 Å². The molecule has 1 amide bonds. The molecule has 154 valence electrons. The lowest BCUT2D eigenvalue weighted by Crippen LogP contribution is -2.53. The Morgan fingerprint density at radius 3 is 2.25 bits per heavy atom. The van der Waals surface area contributed by atoms with Gasteiger partial charge in [-0.25, -0.2) is 9.07 Å². The van der Waals surface area contributed by atoms with Crippen LogP contribution in [0, 0.1) is 6.92 Å². The first-order valence-corrected chi connectivity index (χ1v) is 7.83. The van der Waals surface area contributed by atoms with Gasteiger partial charge in [0.2, 0.25) is 5.91 Å². The minimum atomic E-state index is -6.19. The van der Waals surface area contributed by atoms with E-state index in [1.165, 1.54) is 30.2 Å². The van der Waals surface area contributed by atoms with Crippen LogP contribution >= 0.6 is 0 Å². The van der Waals surface area contributed by atoms with Gasteiger partial charge in [0.1, 0.15) is 0 Å². The number of halogens is 7. The van der Waals surface area contributed by atoms with Crippen LogP contribution in [-0.2, 0) is 4.79 Å². The molecular weight excluding hydrogens is 397 g/mol. The average molecular weight is 412 g/mol. The number of hydrogen-bond donors (Lipinski definition) is 0. The van der Waals surface area contributed by atoms with Crippen molar-refractivity contribution in [2.75, 3.05) is 11.9 Å². The third kappa shape index (κ3) is 4.09. The zero-order chi connectivity index (χ0) is 21.3. The fourth-order valence-corrected chi connectivity index (χ4v) is 2.43. The Balaban J connectivity index is 2.18. The molecule has 0 aromatic carbocycles. The summed E-state index contributed by atoms with van der Waals surface area (Å²) in [5, 5.41) is 4.12. The Morgan fingerprint density at radius 2 is 1.75 bits per heavy atom. The first-order valence-electron chi connectivity index (χ1n) is 7.83. The summed E-state index contributed by atoms with van der Waals surface area (Å²) < 4.78 is 90.6. The predicted octanol–water partition coefficient (Wildman–Crippen LogP) is 4.15. The molecule has 0 spiro atoms. The summed E-state index contributed by atoms with van der Waals surface area (Å²) in [5.41, 5.74) is -4.50. The second-order valence-corrected chi connectivity index (χ2v) is 6.00. The zero-order valence-electron chi connectivity index (χ0n) is 14.6. The molecule has 0 radical (unpaired) electrons. The van der Waals surface area contributed by atoms with E-state index in [-0.39, 0.29) is 11.4 Å². The van der Waals surface area contributed by atoms with Crippen LogP contribution in [0.4, 0.5) is 36.4 Å². The maximum atomic E-state index is 13.7. The number of hydrogen-bond acceptors (Lipinski definition) is 3. The number of alkyl halides is 7. The molecule has 12 heteroatoms. The lowest BCUT2D eigenvalue weighted by atomic mass is 9.97. The van der Waals surface area contributed by atoms with Crippen molar-refractivity contribution in [3.05, 3.63) is 36.4 Å². The van der Waals surface area contributed by atoms with E-state index in [0.29, 0.717) is 5.69 Å². The van der Waals surface area contributed by atoms with Gasteiger partial charge in [-0.15, -0.1) is 0 Å². The molecule has 0 fully saturated rings. The number of carbonyl (C=O) groups is 1. The molecule has 0 aliphatic heterocycles. The molecule has 0 N–H and O–H groups in total. The van der Waals surface area contributed by atoms with E-state index < -0.39 is 36.8 Å². The Bertz CT molecular complexity index is 816. The van der Waals surface area contributed by atoms with Crippen LogP contribution in [0.5, 0.6) is 0 Å². The largest absolute Gasteiger partial charge is 0.431 e. The first-order chi connectivity index (χ1) is 12.8. The van der Waals surface area contributed by atoms with Gasteiger partial charge in [-0.3, -0.25) is 9.78 Å². The van der Waals surface area contributed by atoms with Gasteiger partial charge in [0.05, 0.1) is 29.5 Å². The van der Waals surface area contributed by atoms with Gasteiger partial charge < -0.3 is 4.90 Å². The highest BCUT2D eigenvalue weighted by Crippen LogP contribution is 2.49. The number of nitrogens with zero attached hydrogens (tertiary/aromatic N) is 4. The van der Waals surface area contributed by atoms with E-state index >= 15 is 0 Å². The highest BCUT2D eigenvalue weighted by molar-refractivity contribution is 5.93. The normalized spacial score (nSPS) is 12.9. The number of amides is 1. The molecule has 0 saturated heterocycles. The summed E-state index contributed by atoms with van der Waals surface area (Å²) in [6, 6.07) is 3.27. The molecule has 0 unspecified atom stereocenters. The zero-order valence-corrected chi connectivity index (χ0v) is 14.6. The minimum absolute atomic E-state index is 0.150. The topological polar surface area (TPSA) is 51.0 Å². The maximum Gasteiger partial charge on any atom is 0.431 e. The molecule has 28 heavy (non-hydrogen) atoms. The molecule has 0 aliphatic rings. The standard InChI is InChI=1S/C16H15F7N4O/c1-10-12(9-27(25-10)11-4-3-7-24-8-11)26(2)13(28)5-6-14(17,15(18,19)20)16(21,22)23/h3-4,7-9H,5-6H2,1-2H3. The van der Waals surface area contributed by atoms with E-state index in [9.17, 15) is 35.5 Å². The van der Waals surface area contributed by atoms with E-state index in [2.05, 4.69) is 10.1 Å². The fourth-order valence-electron chi connectivity index (χ4n) is 2.43. The van der Waals surface area contributed by atoms with Crippen LogP contribution in [-0.4, -0.2) is 45.7 Å². The minimum Gasteiger partial charge on any atom is -0.312 e. The summed E-state index contributed by atoms with van der Waals surface area (Å²) >= 11 is 0. The second kappa shape index (κ2) is 7.40. The van der Waals surface area contributed by atoms with Gasteiger partial charge in [-0.2, -0.15) is 31.4 Å². The molecule has 0 bridgehead atoms. The highest BCUT2D eigenvalue weighted by Gasteiger charge is 2.72. The lowest BCUT2D eigenvalue weighted by molar-refractivity contribution is -0.342. The molecule has 2 heterocycles. The molecule has 0 atom stereocenters. The number of aryl methyl sites for hydroxylation is 1. The van der Waals surface area contributed by atoms with Crippen molar-refractivity contribution in [3.8, 4) is 5.69 Å². The second-order valence-electron chi connectivity index (χ2n) is 6.00. The first kappa shape index (κ1) is 21.6. The van der Waals surface area contributed by atoms with Crippen molar-refractivity contribution in [3.63, 3.8) is 0 Å². The Labute approximate surface area is 154 Å². The van der Waals surface area contributed by atoms with Crippen LogP contribution in [0.25, 0.3) is 5.69 Å². The number of carbonyl (C=O) groups excluding carboxylic acids is 1. The van der Waals surface area contributed by atoms with Crippen molar-refractivity contribution in [2.45, 2.75) is 37.8 Å². The van der Waals surface area contributed by atoms with Gasteiger partial charge in [-0.05, 0) is 19.1 Å². The molecule has 2 aromatic heterocycles. The highest BCUT2D eigenvalue weighted by atomic mass is 19.4. The van der Waals surface area contributed by atoms with Crippen LogP contribution in [0.15, 0.2) is 30.7 Å². The van der Waals surface area contributed by atoms with Gasteiger partial charge in [0, 0.05) is 26.1 Å². The number of rotatable bonds is 5. The number of pyridine rings is 1. The smallest absolute Gasteiger partial charge is 0.312 e. The monoisotopic (exact) mass is 412 g/mol. The van der Waals surface area contributed by atoms with Crippen LogP contribution in [0.2, 0.25) is 0 Å². The Hall–Kier alpha value is -2.66. The third-order valence-electron chi connectivity index (χ3n) is 4.10. The Morgan fingerprint density at radius 1 is 1.14 bits per heavy atom. The van der Waals surface area contributed by atoms with E-state index in [1.807, 2.05) is 0 Å². The summed E-state index contributed by atoms with van der Waals surface area (Å²) in [7, 11) is 1.15. The van der Waals surface area contributed by atoms with Crippen molar-refractivity contribution in [1.82, 2.24) is 14.8 Å².